The van der Waals surface area contributed by atoms with Crippen LogP contribution in [-0.4, -0.2) is 18.1 Å². The van der Waals surface area contributed by atoms with E-state index in [2.05, 4.69) is 4.98 Å². The molecule has 0 N–H and O–H groups in total. The van der Waals surface area contributed by atoms with E-state index in [4.69, 9.17) is 9.47 Å². The fourth-order valence-corrected chi connectivity index (χ4v) is 2.88. The van der Waals surface area contributed by atoms with E-state index in [1.165, 1.54) is 12.5 Å². The summed E-state index contributed by atoms with van der Waals surface area (Å²) in [7, 11) is 1.65. The molecule has 104 valence electrons. The van der Waals surface area contributed by atoms with Gasteiger partial charge in [0.1, 0.15) is 11.9 Å². The lowest BCUT2D eigenvalue weighted by Gasteiger charge is -2.26. The van der Waals surface area contributed by atoms with Crippen molar-refractivity contribution in [3.05, 3.63) is 35.5 Å². The van der Waals surface area contributed by atoms with Crippen LogP contribution in [0.3, 0.4) is 0 Å². The van der Waals surface area contributed by atoms with Gasteiger partial charge in [0.05, 0.1) is 12.6 Å². The Labute approximate surface area is 117 Å². The second-order valence-corrected chi connectivity index (χ2v) is 5.07. The molecule has 20 heavy (non-hydrogen) atoms. The van der Waals surface area contributed by atoms with Crippen LogP contribution in [0.2, 0.25) is 0 Å². The Kier molecular flexibility index (Phi) is 3.30. The second kappa shape index (κ2) is 5.12. The van der Waals surface area contributed by atoms with Crippen LogP contribution in [0.25, 0.3) is 10.9 Å². The average molecular weight is 271 g/mol. The van der Waals surface area contributed by atoms with Crippen molar-refractivity contribution in [2.45, 2.75) is 32.3 Å². The number of pyridine rings is 1. The molecule has 4 nitrogen and oxygen atoms in total. The van der Waals surface area contributed by atoms with Crippen molar-refractivity contribution in [1.82, 2.24) is 4.98 Å². The topological polar surface area (TPSA) is 48.4 Å². The predicted molar refractivity (Wildman–Crippen MR) is 75.7 cm³/mol. The number of ether oxygens (including phenoxy) is 2. The molecule has 2 aromatic rings. The van der Waals surface area contributed by atoms with Gasteiger partial charge >= 0.3 is 5.97 Å². The van der Waals surface area contributed by atoms with Gasteiger partial charge in [-0.25, -0.2) is 0 Å². The lowest BCUT2D eigenvalue weighted by molar-refractivity contribution is -0.147. The first-order chi connectivity index (χ1) is 9.69. The molecule has 0 saturated heterocycles. The quantitative estimate of drug-likeness (QED) is 0.787. The number of hydrogen-bond acceptors (Lipinski definition) is 4. The minimum Gasteiger partial charge on any atom is -0.497 e. The van der Waals surface area contributed by atoms with Crippen molar-refractivity contribution >= 4 is 16.9 Å². The number of carbonyl (C=O) groups is 1. The molecule has 0 radical (unpaired) electrons. The van der Waals surface area contributed by atoms with Crippen molar-refractivity contribution < 1.29 is 14.3 Å². The van der Waals surface area contributed by atoms with Crippen LogP contribution >= 0.6 is 0 Å². The van der Waals surface area contributed by atoms with E-state index in [1.807, 2.05) is 24.4 Å². The van der Waals surface area contributed by atoms with E-state index >= 15 is 0 Å². The highest BCUT2D eigenvalue weighted by Crippen LogP contribution is 2.37. The van der Waals surface area contributed by atoms with Crippen molar-refractivity contribution in [2.75, 3.05) is 7.11 Å². The fraction of sp³-hybridized carbons (Fsp3) is 0.375. The lowest BCUT2D eigenvalue weighted by atomic mass is 9.88. The minimum absolute atomic E-state index is 0.172. The fourth-order valence-electron chi connectivity index (χ4n) is 2.88. The molecule has 1 atom stereocenters. The van der Waals surface area contributed by atoms with Gasteiger partial charge in [-0.3, -0.25) is 9.78 Å². The summed E-state index contributed by atoms with van der Waals surface area (Å²) in [6.07, 6.45) is 4.59. The van der Waals surface area contributed by atoms with Gasteiger partial charge in [0.15, 0.2) is 0 Å². The number of carbonyl (C=O) groups excluding carboxylic acids is 1. The van der Waals surface area contributed by atoms with Crippen LogP contribution in [0.1, 0.15) is 37.0 Å². The number of esters is 1. The summed E-state index contributed by atoms with van der Waals surface area (Å²) >= 11 is 0. The summed E-state index contributed by atoms with van der Waals surface area (Å²) in [4.78, 5) is 15.8. The standard InChI is InChI=1S/C16H17NO3/c1-10(18)20-15-5-3-4-11-9-17-14-7-6-12(19-2)8-13(14)16(11)15/h6-9,15H,3-5H2,1-2H3. The van der Waals surface area contributed by atoms with E-state index in [1.54, 1.807) is 7.11 Å². The Morgan fingerprint density at radius 2 is 2.25 bits per heavy atom. The number of methoxy groups -OCH3 is 1. The molecule has 0 saturated carbocycles. The summed E-state index contributed by atoms with van der Waals surface area (Å²) in [5.74, 6) is 0.551. The van der Waals surface area contributed by atoms with Crippen molar-refractivity contribution in [3.63, 3.8) is 0 Å². The van der Waals surface area contributed by atoms with Gasteiger partial charge in [0, 0.05) is 24.1 Å². The van der Waals surface area contributed by atoms with Gasteiger partial charge in [0.2, 0.25) is 0 Å². The molecular formula is C16H17NO3. The highest BCUT2D eigenvalue weighted by Gasteiger charge is 2.25. The molecule has 3 rings (SSSR count). The molecule has 1 heterocycles. The average Bonchev–Trinajstić information content (AvgIpc) is 2.46. The van der Waals surface area contributed by atoms with Crippen LogP contribution < -0.4 is 4.74 Å². The van der Waals surface area contributed by atoms with Crippen LogP contribution in [-0.2, 0) is 16.0 Å². The molecule has 0 fully saturated rings. The van der Waals surface area contributed by atoms with E-state index < -0.39 is 0 Å². The zero-order chi connectivity index (χ0) is 14.1. The highest BCUT2D eigenvalue weighted by atomic mass is 16.5. The number of rotatable bonds is 2. The van der Waals surface area contributed by atoms with E-state index in [0.29, 0.717) is 0 Å². The molecule has 1 unspecified atom stereocenters. The zero-order valence-corrected chi connectivity index (χ0v) is 11.7. The number of benzene rings is 1. The Morgan fingerprint density at radius 3 is 3.00 bits per heavy atom. The van der Waals surface area contributed by atoms with Gasteiger partial charge in [-0.15, -0.1) is 0 Å². The first-order valence-electron chi connectivity index (χ1n) is 6.82. The number of nitrogens with zero attached hydrogens (tertiary/aromatic N) is 1. The largest absolute Gasteiger partial charge is 0.497 e. The van der Waals surface area contributed by atoms with E-state index in [-0.39, 0.29) is 12.1 Å². The third-order valence-electron chi connectivity index (χ3n) is 3.74. The maximum absolute atomic E-state index is 11.3. The summed E-state index contributed by atoms with van der Waals surface area (Å²) < 4.78 is 10.8. The molecule has 0 aliphatic heterocycles. The molecule has 0 amide bonds. The zero-order valence-electron chi connectivity index (χ0n) is 11.7. The molecule has 1 aliphatic carbocycles. The third-order valence-corrected chi connectivity index (χ3v) is 3.74. The van der Waals surface area contributed by atoms with Crippen LogP contribution in [0.5, 0.6) is 5.75 Å². The van der Waals surface area contributed by atoms with Crippen molar-refractivity contribution in [3.8, 4) is 5.75 Å². The highest BCUT2D eigenvalue weighted by molar-refractivity contribution is 5.85. The number of aromatic nitrogens is 1. The number of aryl methyl sites for hydroxylation is 1. The smallest absolute Gasteiger partial charge is 0.303 e. The first kappa shape index (κ1) is 12.9. The monoisotopic (exact) mass is 271 g/mol. The van der Waals surface area contributed by atoms with E-state index in [0.717, 1.165) is 41.5 Å². The van der Waals surface area contributed by atoms with Crippen LogP contribution in [0.4, 0.5) is 0 Å². The normalized spacial score (nSPS) is 17.6. The van der Waals surface area contributed by atoms with Gasteiger partial charge in [-0.05, 0) is 43.0 Å². The summed E-state index contributed by atoms with van der Waals surface area (Å²) in [5.41, 5.74) is 3.17. The van der Waals surface area contributed by atoms with Crippen molar-refractivity contribution in [1.29, 1.82) is 0 Å². The Balaban J connectivity index is 2.19. The summed E-state index contributed by atoms with van der Waals surface area (Å²) in [6.45, 7) is 1.46. The first-order valence-corrected chi connectivity index (χ1v) is 6.82. The number of fused-ring (bicyclic) bond motifs is 3. The Hall–Kier alpha value is -2.10. The summed E-state index contributed by atoms with van der Waals surface area (Å²) in [5, 5.41) is 1.02. The van der Waals surface area contributed by atoms with Gasteiger partial charge in [0.25, 0.3) is 0 Å². The maximum atomic E-state index is 11.3. The van der Waals surface area contributed by atoms with Crippen LogP contribution in [0, 0.1) is 0 Å². The Bertz CT molecular complexity index is 661. The van der Waals surface area contributed by atoms with E-state index in [9.17, 15) is 4.79 Å². The van der Waals surface area contributed by atoms with Gasteiger partial charge < -0.3 is 9.47 Å². The maximum Gasteiger partial charge on any atom is 0.303 e. The molecule has 0 spiro atoms. The molecule has 1 aromatic heterocycles. The minimum atomic E-state index is -0.240. The van der Waals surface area contributed by atoms with Gasteiger partial charge in [-0.1, -0.05) is 0 Å². The molecule has 1 aliphatic rings. The number of hydrogen-bond donors (Lipinski definition) is 0. The SMILES string of the molecule is COc1ccc2ncc3c(c2c1)C(OC(C)=O)CCC3. The third kappa shape index (κ3) is 2.22. The molecular weight excluding hydrogens is 254 g/mol. The second-order valence-electron chi connectivity index (χ2n) is 5.07. The van der Waals surface area contributed by atoms with Gasteiger partial charge in [-0.2, -0.15) is 0 Å². The van der Waals surface area contributed by atoms with Crippen molar-refractivity contribution in [2.24, 2.45) is 0 Å². The lowest BCUT2D eigenvalue weighted by Crippen LogP contribution is -2.16. The van der Waals surface area contributed by atoms with Crippen LogP contribution in [0.15, 0.2) is 24.4 Å². The predicted octanol–water partition coefficient (Wildman–Crippen LogP) is 3.18. The molecule has 4 heteroatoms. The Morgan fingerprint density at radius 1 is 1.40 bits per heavy atom. The summed E-state index contributed by atoms with van der Waals surface area (Å²) in [6, 6.07) is 5.81. The molecule has 1 aromatic carbocycles. The molecule has 0 bridgehead atoms.